The maximum Gasteiger partial charge on any atom is 0.234 e. The van der Waals surface area contributed by atoms with Crippen molar-refractivity contribution in [2.45, 2.75) is 26.2 Å². The maximum atomic E-state index is 12.2. The third kappa shape index (κ3) is 2.09. The van der Waals surface area contributed by atoms with E-state index in [4.69, 9.17) is 0 Å². The molecule has 0 aliphatic carbocycles. The van der Waals surface area contributed by atoms with E-state index in [9.17, 15) is 4.79 Å². The molecule has 88 valence electrons. The summed E-state index contributed by atoms with van der Waals surface area (Å²) in [5.41, 5.74) is -0.248. The molecule has 1 unspecified atom stereocenters. The van der Waals surface area contributed by atoms with Gasteiger partial charge in [0.05, 0.1) is 5.41 Å². The van der Waals surface area contributed by atoms with Gasteiger partial charge in [0, 0.05) is 18.9 Å². The molecular weight excluding hydrogens is 204 g/mol. The second-order valence-corrected chi connectivity index (χ2v) is 4.35. The third-order valence-electron chi connectivity index (χ3n) is 3.18. The van der Waals surface area contributed by atoms with Gasteiger partial charge in [0.15, 0.2) is 0 Å². The highest BCUT2D eigenvalue weighted by atomic mass is 16.2. The molecule has 1 amide bonds. The molecule has 0 spiro atoms. The Kier molecular flexibility index (Phi) is 3.24. The molecule has 5 heteroatoms. The number of nitrogens with one attached hydrogen (secondary N) is 3. The number of aromatic amines is 1. The molecule has 0 bridgehead atoms. The lowest BCUT2D eigenvalue weighted by Gasteiger charge is -2.25. The number of nitrogens with zero attached hydrogens (tertiary/aromatic N) is 1. The van der Waals surface area contributed by atoms with Crippen LogP contribution in [0.4, 0.5) is 5.95 Å². The van der Waals surface area contributed by atoms with Gasteiger partial charge in [-0.3, -0.25) is 10.1 Å². The molecule has 1 fully saturated rings. The van der Waals surface area contributed by atoms with Crippen molar-refractivity contribution in [1.82, 2.24) is 15.3 Å². The summed E-state index contributed by atoms with van der Waals surface area (Å²) in [7, 11) is 0. The van der Waals surface area contributed by atoms with Crippen molar-refractivity contribution < 1.29 is 4.79 Å². The number of rotatable bonds is 4. The second kappa shape index (κ2) is 4.65. The van der Waals surface area contributed by atoms with Gasteiger partial charge < -0.3 is 10.3 Å². The highest BCUT2D eigenvalue weighted by Crippen LogP contribution is 2.32. The number of amides is 1. The molecule has 1 aromatic heterocycles. The summed E-state index contributed by atoms with van der Waals surface area (Å²) in [6.07, 6.45) is 6.19. The van der Waals surface area contributed by atoms with Gasteiger partial charge in [-0.2, -0.15) is 0 Å². The van der Waals surface area contributed by atoms with E-state index in [-0.39, 0.29) is 11.3 Å². The molecule has 5 nitrogen and oxygen atoms in total. The first-order chi connectivity index (χ1) is 7.77. The molecule has 16 heavy (non-hydrogen) atoms. The van der Waals surface area contributed by atoms with Crippen LogP contribution in [0, 0.1) is 5.41 Å². The van der Waals surface area contributed by atoms with Gasteiger partial charge in [0.2, 0.25) is 11.9 Å². The van der Waals surface area contributed by atoms with Crippen LogP contribution in [-0.2, 0) is 4.79 Å². The van der Waals surface area contributed by atoms with Gasteiger partial charge in [-0.15, -0.1) is 0 Å². The number of carbonyl (C=O) groups is 1. The predicted octanol–water partition coefficient (Wildman–Crippen LogP) is 1.13. The van der Waals surface area contributed by atoms with Gasteiger partial charge in [-0.05, 0) is 19.4 Å². The van der Waals surface area contributed by atoms with E-state index < -0.39 is 0 Å². The Bertz CT molecular complexity index is 341. The van der Waals surface area contributed by atoms with Crippen LogP contribution in [0.3, 0.4) is 0 Å². The zero-order valence-corrected chi connectivity index (χ0v) is 9.55. The van der Waals surface area contributed by atoms with Crippen molar-refractivity contribution in [3.8, 4) is 0 Å². The van der Waals surface area contributed by atoms with Crippen LogP contribution < -0.4 is 10.6 Å². The Morgan fingerprint density at radius 1 is 1.69 bits per heavy atom. The maximum absolute atomic E-state index is 12.2. The van der Waals surface area contributed by atoms with E-state index in [1.165, 1.54) is 0 Å². The monoisotopic (exact) mass is 222 g/mol. The summed E-state index contributed by atoms with van der Waals surface area (Å²) in [5.74, 6) is 0.613. The van der Waals surface area contributed by atoms with Crippen molar-refractivity contribution in [3.05, 3.63) is 12.4 Å². The Hall–Kier alpha value is -1.36. The number of H-pyrrole nitrogens is 1. The average molecular weight is 222 g/mol. The van der Waals surface area contributed by atoms with E-state index in [1.54, 1.807) is 12.4 Å². The minimum Gasteiger partial charge on any atom is -0.331 e. The lowest BCUT2D eigenvalue weighted by Crippen LogP contribution is -2.38. The number of aromatic nitrogens is 2. The molecule has 2 rings (SSSR count). The van der Waals surface area contributed by atoms with Crippen LogP contribution >= 0.6 is 0 Å². The quantitative estimate of drug-likeness (QED) is 0.715. The fraction of sp³-hybridized carbons (Fsp3) is 0.636. The number of imidazole rings is 1. The SMILES string of the molecule is CCCC1(C(=O)Nc2ncc[nH]2)CCNC1. The lowest BCUT2D eigenvalue weighted by molar-refractivity contribution is -0.125. The summed E-state index contributed by atoms with van der Waals surface area (Å²) in [4.78, 5) is 19.1. The summed E-state index contributed by atoms with van der Waals surface area (Å²) >= 11 is 0. The fourth-order valence-corrected chi connectivity index (χ4v) is 2.32. The fourth-order valence-electron chi connectivity index (χ4n) is 2.32. The van der Waals surface area contributed by atoms with E-state index in [1.807, 2.05) is 0 Å². The van der Waals surface area contributed by atoms with Crippen molar-refractivity contribution >= 4 is 11.9 Å². The normalized spacial score (nSPS) is 24.6. The summed E-state index contributed by atoms with van der Waals surface area (Å²) < 4.78 is 0. The van der Waals surface area contributed by atoms with Crippen LogP contribution in [0.25, 0.3) is 0 Å². The summed E-state index contributed by atoms with van der Waals surface area (Å²) in [6.45, 7) is 3.80. The van der Waals surface area contributed by atoms with E-state index >= 15 is 0 Å². The van der Waals surface area contributed by atoms with E-state index in [2.05, 4.69) is 27.5 Å². The van der Waals surface area contributed by atoms with Gasteiger partial charge in [-0.25, -0.2) is 4.98 Å². The number of anilines is 1. The van der Waals surface area contributed by atoms with E-state index in [0.29, 0.717) is 5.95 Å². The standard InChI is InChI=1S/C11H18N4O/c1-2-3-11(4-5-12-8-11)9(16)15-10-13-6-7-14-10/h6-7,12H,2-5,8H2,1H3,(H2,13,14,15,16). The topological polar surface area (TPSA) is 69.8 Å². The van der Waals surface area contributed by atoms with Crippen molar-refractivity contribution in [1.29, 1.82) is 0 Å². The lowest BCUT2D eigenvalue weighted by atomic mass is 9.81. The molecule has 1 aliphatic heterocycles. The molecule has 1 saturated heterocycles. The molecule has 0 aromatic carbocycles. The van der Waals surface area contributed by atoms with Crippen molar-refractivity contribution in [2.24, 2.45) is 5.41 Å². The first kappa shape index (κ1) is 11.1. The summed E-state index contributed by atoms with van der Waals surface area (Å²) in [6, 6.07) is 0. The highest BCUT2D eigenvalue weighted by Gasteiger charge is 2.40. The number of hydrogen-bond donors (Lipinski definition) is 3. The Balaban J connectivity index is 2.05. The zero-order chi connectivity index (χ0) is 11.4. The number of carbonyl (C=O) groups excluding carboxylic acids is 1. The van der Waals surface area contributed by atoms with Crippen molar-refractivity contribution in [3.63, 3.8) is 0 Å². The molecule has 1 aliphatic rings. The third-order valence-corrected chi connectivity index (χ3v) is 3.18. The van der Waals surface area contributed by atoms with Crippen molar-refractivity contribution in [2.75, 3.05) is 18.4 Å². The summed E-state index contributed by atoms with van der Waals surface area (Å²) in [5, 5.41) is 6.11. The van der Waals surface area contributed by atoms with Gasteiger partial charge in [-0.1, -0.05) is 13.3 Å². The molecule has 2 heterocycles. The first-order valence-corrected chi connectivity index (χ1v) is 5.78. The van der Waals surface area contributed by atoms with Crippen LogP contribution in [0.2, 0.25) is 0 Å². The van der Waals surface area contributed by atoms with Crippen LogP contribution in [-0.4, -0.2) is 29.0 Å². The molecule has 1 atom stereocenters. The Morgan fingerprint density at radius 3 is 3.12 bits per heavy atom. The second-order valence-electron chi connectivity index (χ2n) is 4.35. The molecule has 1 aromatic rings. The minimum absolute atomic E-state index is 0.0781. The first-order valence-electron chi connectivity index (χ1n) is 5.78. The largest absolute Gasteiger partial charge is 0.331 e. The van der Waals surface area contributed by atoms with Gasteiger partial charge in [0.1, 0.15) is 0 Å². The predicted molar refractivity (Wildman–Crippen MR) is 62.0 cm³/mol. The van der Waals surface area contributed by atoms with Gasteiger partial charge in [0.25, 0.3) is 0 Å². The van der Waals surface area contributed by atoms with Crippen LogP contribution in [0.1, 0.15) is 26.2 Å². The minimum atomic E-state index is -0.248. The average Bonchev–Trinajstić information content (AvgIpc) is 2.89. The van der Waals surface area contributed by atoms with E-state index in [0.717, 1.165) is 32.4 Å². The molecule has 0 radical (unpaired) electrons. The van der Waals surface area contributed by atoms with Crippen LogP contribution in [0.15, 0.2) is 12.4 Å². The number of hydrogen-bond acceptors (Lipinski definition) is 3. The van der Waals surface area contributed by atoms with Crippen LogP contribution in [0.5, 0.6) is 0 Å². The Morgan fingerprint density at radius 2 is 2.56 bits per heavy atom. The molecule has 0 saturated carbocycles. The highest BCUT2D eigenvalue weighted by molar-refractivity contribution is 5.94. The smallest absolute Gasteiger partial charge is 0.234 e. The Labute approximate surface area is 95.0 Å². The zero-order valence-electron chi connectivity index (χ0n) is 9.55. The van der Waals surface area contributed by atoms with Gasteiger partial charge >= 0.3 is 0 Å². The molecule has 3 N–H and O–H groups in total. The molecular formula is C11H18N4O.